The van der Waals surface area contributed by atoms with E-state index in [1.54, 1.807) is 13.2 Å². The van der Waals surface area contributed by atoms with Crippen molar-refractivity contribution in [1.29, 1.82) is 0 Å². The SMILES string of the molecule is COc1ccccc1CNC(=O)c1cc(-c2ccccc2)cc(-n2cnnn2)c1. The van der Waals surface area contributed by atoms with E-state index in [0.717, 1.165) is 22.4 Å². The average Bonchev–Trinajstić information content (AvgIpc) is 3.33. The molecule has 0 atom stereocenters. The zero-order valence-electron chi connectivity index (χ0n) is 15.8. The van der Waals surface area contributed by atoms with Gasteiger partial charge in [-0.1, -0.05) is 48.5 Å². The number of nitrogens with one attached hydrogen (secondary N) is 1. The lowest BCUT2D eigenvalue weighted by Gasteiger charge is -2.12. The number of aromatic nitrogens is 4. The first-order chi connectivity index (χ1) is 14.2. The van der Waals surface area contributed by atoms with Crippen LogP contribution in [0.3, 0.4) is 0 Å². The molecule has 7 nitrogen and oxygen atoms in total. The number of amides is 1. The summed E-state index contributed by atoms with van der Waals surface area (Å²) in [4.78, 5) is 12.9. The first kappa shape index (κ1) is 18.4. The standard InChI is InChI=1S/C22H19N5O2/c1-29-21-10-6-5-9-17(21)14-23-22(28)19-11-18(16-7-3-2-4-8-16)12-20(13-19)27-15-24-25-26-27/h2-13,15H,14H2,1H3,(H,23,28). The number of rotatable bonds is 6. The predicted octanol–water partition coefficient (Wildman–Crippen LogP) is 3.27. The van der Waals surface area contributed by atoms with Crippen LogP contribution < -0.4 is 10.1 Å². The van der Waals surface area contributed by atoms with E-state index in [2.05, 4.69) is 20.8 Å². The molecular formula is C22H19N5O2. The summed E-state index contributed by atoms with van der Waals surface area (Å²) in [6.07, 6.45) is 1.50. The third kappa shape index (κ3) is 4.14. The number of ether oxygens (including phenoxy) is 1. The van der Waals surface area contributed by atoms with Crippen molar-refractivity contribution >= 4 is 5.91 Å². The van der Waals surface area contributed by atoms with Gasteiger partial charge < -0.3 is 10.1 Å². The molecule has 0 aliphatic heterocycles. The van der Waals surface area contributed by atoms with Gasteiger partial charge in [0.15, 0.2) is 0 Å². The Kier molecular flexibility index (Phi) is 5.29. The van der Waals surface area contributed by atoms with Crippen LogP contribution in [0.1, 0.15) is 15.9 Å². The van der Waals surface area contributed by atoms with Gasteiger partial charge in [-0.3, -0.25) is 4.79 Å². The molecule has 0 radical (unpaired) electrons. The Morgan fingerprint density at radius 2 is 1.79 bits per heavy atom. The van der Waals surface area contributed by atoms with Crippen molar-refractivity contribution in [1.82, 2.24) is 25.5 Å². The van der Waals surface area contributed by atoms with Crippen molar-refractivity contribution in [3.8, 4) is 22.6 Å². The number of benzene rings is 3. The van der Waals surface area contributed by atoms with Crippen molar-refractivity contribution in [2.75, 3.05) is 7.11 Å². The second kappa shape index (κ2) is 8.35. The molecule has 1 amide bonds. The van der Waals surface area contributed by atoms with E-state index in [-0.39, 0.29) is 5.91 Å². The molecule has 0 saturated heterocycles. The third-order valence-electron chi connectivity index (χ3n) is 4.53. The van der Waals surface area contributed by atoms with Crippen LogP contribution >= 0.6 is 0 Å². The summed E-state index contributed by atoms with van der Waals surface area (Å²) in [7, 11) is 1.61. The van der Waals surface area contributed by atoms with Gasteiger partial charge in [0.1, 0.15) is 12.1 Å². The molecule has 0 saturated carbocycles. The molecule has 1 aromatic heterocycles. The number of nitrogens with zero attached hydrogens (tertiary/aromatic N) is 4. The van der Waals surface area contributed by atoms with Crippen molar-refractivity contribution in [2.24, 2.45) is 0 Å². The summed E-state index contributed by atoms with van der Waals surface area (Å²) in [5, 5.41) is 14.3. The molecule has 7 heteroatoms. The highest BCUT2D eigenvalue weighted by molar-refractivity contribution is 5.96. The highest BCUT2D eigenvalue weighted by Crippen LogP contribution is 2.24. The molecule has 1 heterocycles. The Bertz CT molecular complexity index is 1110. The van der Waals surface area contributed by atoms with Crippen molar-refractivity contribution in [3.63, 3.8) is 0 Å². The smallest absolute Gasteiger partial charge is 0.251 e. The quantitative estimate of drug-likeness (QED) is 0.551. The van der Waals surface area contributed by atoms with Gasteiger partial charge in [-0.25, -0.2) is 4.68 Å². The van der Waals surface area contributed by atoms with Crippen molar-refractivity contribution < 1.29 is 9.53 Å². The molecule has 0 unspecified atom stereocenters. The number of hydrogen-bond acceptors (Lipinski definition) is 5. The van der Waals surface area contributed by atoms with E-state index in [4.69, 9.17) is 4.74 Å². The normalized spacial score (nSPS) is 10.5. The van der Waals surface area contributed by atoms with Crippen LogP contribution in [-0.4, -0.2) is 33.2 Å². The van der Waals surface area contributed by atoms with Crippen LogP contribution in [0, 0.1) is 0 Å². The largest absolute Gasteiger partial charge is 0.496 e. The summed E-state index contributed by atoms with van der Waals surface area (Å²) in [5.41, 5.74) is 4.04. The predicted molar refractivity (Wildman–Crippen MR) is 109 cm³/mol. The summed E-state index contributed by atoms with van der Waals surface area (Å²) in [5.74, 6) is 0.545. The minimum Gasteiger partial charge on any atom is -0.496 e. The molecule has 4 aromatic rings. The Morgan fingerprint density at radius 3 is 2.55 bits per heavy atom. The number of para-hydroxylation sites is 1. The first-order valence-corrected chi connectivity index (χ1v) is 9.08. The molecule has 3 aromatic carbocycles. The minimum atomic E-state index is -0.192. The average molecular weight is 385 g/mol. The van der Waals surface area contributed by atoms with E-state index in [0.29, 0.717) is 17.8 Å². The van der Waals surface area contributed by atoms with Gasteiger partial charge in [0, 0.05) is 17.7 Å². The maximum absolute atomic E-state index is 12.9. The second-order valence-corrected chi connectivity index (χ2v) is 6.38. The first-order valence-electron chi connectivity index (χ1n) is 9.08. The summed E-state index contributed by atoms with van der Waals surface area (Å²) >= 11 is 0. The Morgan fingerprint density at radius 1 is 1.00 bits per heavy atom. The van der Waals surface area contributed by atoms with Crippen molar-refractivity contribution in [2.45, 2.75) is 6.54 Å². The van der Waals surface area contributed by atoms with Crippen LogP contribution in [-0.2, 0) is 6.54 Å². The monoisotopic (exact) mass is 385 g/mol. The van der Waals surface area contributed by atoms with Crippen LogP contribution in [0.4, 0.5) is 0 Å². The Hall–Kier alpha value is -4.00. The van der Waals surface area contributed by atoms with Crippen LogP contribution in [0.5, 0.6) is 5.75 Å². The van der Waals surface area contributed by atoms with Gasteiger partial charge in [-0.15, -0.1) is 5.10 Å². The van der Waals surface area contributed by atoms with Crippen LogP contribution in [0.15, 0.2) is 79.1 Å². The van der Waals surface area contributed by atoms with E-state index in [1.807, 2.05) is 66.7 Å². The molecule has 0 spiro atoms. The van der Waals surface area contributed by atoms with E-state index in [9.17, 15) is 4.79 Å². The van der Waals surface area contributed by atoms with E-state index >= 15 is 0 Å². The number of tetrazole rings is 1. The maximum Gasteiger partial charge on any atom is 0.251 e. The number of methoxy groups -OCH3 is 1. The molecule has 29 heavy (non-hydrogen) atoms. The number of hydrogen-bond donors (Lipinski definition) is 1. The van der Waals surface area contributed by atoms with Gasteiger partial charge in [0.2, 0.25) is 0 Å². The molecule has 0 aliphatic carbocycles. The molecular weight excluding hydrogens is 366 g/mol. The number of carbonyl (C=O) groups excluding carboxylic acids is 1. The fourth-order valence-electron chi connectivity index (χ4n) is 3.08. The van der Waals surface area contributed by atoms with Crippen molar-refractivity contribution in [3.05, 3.63) is 90.3 Å². The summed E-state index contributed by atoms with van der Waals surface area (Å²) < 4.78 is 6.88. The van der Waals surface area contributed by atoms with Gasteiger partial charge >= 0.3 is 0 Å². The van der Waals surface area contributed by atoms with Crippen LogP contribution in [0.25, 0.3) is 16.8 Å². The Labute approximate surface area is 168 Å². The van der Waals surface area contributed by atoms with Gasteiger partial charge in [-0.05, 0) is 45.8 Å². The van der Waals surface area contributed by atoms with Gasteiger partial charge in [0.05, 0.1) is 12.8 Å². The summed E-state index contributed by atoms with van der Waals surface area (Å²) in [6, 6.07) is 23.0. The molecule has 4 rings (SSSR count). The molecule has 0 fully saturated rings. The second-order valence-electron chi connectivity index (χ2n) is 6.38. The molecule has 144 valence electrons. The molecule has 0 aliphatic rings. The topological polar surface area (TPSA) is 81.9 Å². The highest BCUT2D eigenvalue weighted by Gasteiger charge is 2.12. The molecule has 0 bridgehead atoms. The van der Waals surface area contributed by atoms with E-state index < -0.39 is 0 Å². The number of carbonyl (C=O) groups is 1. The van der Waals surface area contributed by atoms with Crippen LogP contribution in [0.2, 0.25) is 0 Å². The zero-order valence-corrected chi connectivity index (χ0v) is 15.8. The fraction of sp³-hybridized carbons (Fsp3) is 0.0909. The minimum absolute atomic E-state index is 0.192. The maximum atomic E-state index is 12.9. The Balaban J connectivity index is 1.65. The third-order valence-corrected chi connectivity index (χ3v) is 4.53. The lowest BCUT2D eigenvalue weighted by Crippen LogP contribution is -2.23. The zero-order chi connectivity index (χ0) is 20.1. The fourth-order valence-corrected chi connectivity index (χ4v) is 3.08. The van der Waals surface area contributed by atoms with Gasteiger partial charge in [-0.2, -0.15) is 0 Å². The highest BCUT2D eigenvalue weighted by atomic mass is 16.5. The lowest BCUT2D eigenvalue weighted by atomic mass is 10.0. The summed E-state index contributed by atoms with van der Waals surface area (Å²) in [6.45, 7) is 0.360. The van der Waals surface area contributed by atoms with Gasteiger partial charge in [0.25, 0.3) is 5.91 Å². The lowest BCUT2D eigenvalue weighted by molar-refractivity contribution is 0.0950. The molecule has 1 N–H and O–H groups in total. The van der Waals surface area contributed by atoms with E-state index in [1.165, 1.54) is 11.0 Å².